The van der Waals surface area contributed by atoms with E-state index in [-0.39, 0.29) is 11.9 Å². The minimum atomic E-state index is -0.444. The second-order valence-corrected chi connectivity index (χ2v) is 6.13. The van der Waals surface area contributed by atoms with Gasteiger partial charge in [0.2, 0.25) is 0 Å². The molecule has 2 aromatic rings. The molecule has 1 heterocycles. The molecule has 122 valence electrons. The Kier molecular flexibility index (Phi) is 5.38. The summed E-state index contributed by atoms with van der Waals surface area (Å²) in [4.78, 5) is 0. The lowest BCUT2D eigenvalue weighted by atomic mass is 10.0. The number of hydrogen-bond acceptors (Lipinski definition) is 3. The fourth-order valence-electron chi connectivity index (χ4n) is 2.53. The van der Waals surface area contributed by atoms with Crippen LogP contribution in [0, 0.1) is 5.82 Å². The molecule has 1 saturated heterocycles. The number of benzene rings is 2. The van der Waals surface area contributed by atoms with Gasteiger partial charge in [-0.1, -0.05) is 35.3 Å². The van der Waals surface area contributed by atoms with Crippen LogP contribution in [0.25, 0.3) is 0 Å². The van der Waals surface area contributed by atoms with Crippen molar-refractivity contribution in [1.29, 1.82) is 0 Å². The number of halogens is 3. The summed E-state index contributed by atoms with van der Waals surface area (Å²) in [5.74, 6) is -0.122. The van der Waals surface area contributed by atoms with Gasteiger partial charge in [-0.3, -0.25) is 0 Å². The molecule has 6 heteroatoms. The summed E-state index contributed by atoms with van der Waals surface area (Å²) in [5, 5.41) is 4.22. The van der Waals surface area contributed by atoms with Crippen molar-refractivity contribution in [2.75, 3.05) is 19.7 Å². The van der Waals surface area contributed by atoms with E-state index < -0.39 is 11.9 Å². The maximum atomic E-state index is 13.5. The van der Waals surface area contributed by atoms with Gasteiger partial charge in [0.15, 0.2) is 6.10 Å². The zero-order valence-electron chi connectivity index (χ0n) is 12.3. The molecule has 2 aromatic carbocycles. The molecule has 1 aliphatic heterocycles. The third-order valence-electron chi connectivity index (χ3n) is 3.62. The van der Waals surface area contributed by atoms with Gasteiger partial charge in [0.1, 0.15) is 17.7 Å². The summed E-state index contributed by atoms with van der Waals surface area (Å²) in [6.45, 7) is 2.01. The monoisotopic (exact) mass is 355 g/mol. The molecule has 3 nitrogen and oxygen atoms in total. The molecule has 0 amide bonds. The van der Waals surface area contributed by atoms with E-state index in [1.54, 1.807) is 6.07 Å². The standard InChI is InChI=1S/C17H16Cl2FNO2/c18-12-3-1-2-11(8-12)17(16-10-21-6-7-22-16)23-15-9-13(20)4-5-14(15)19/h1-5,8-9,16-17,21H,6-7,10H2/t16-,17-/m0/s1. The molecule has 23 heavy (non-hydrogen) atoms. The Morgan fingerprint density at radius 1 is 1.22 bits per heavy atom. The summed E-state index contributed by atoms with van der Waals surface area (Å²) < 4.78 is 25.3. The van der Waals surface area contributed by atoms with Gasteiger partial charge in [0.05, 0.1) is 11.6 Å². The van der Waals surface area contributed by atoms with E-state index in [1.807, 2.05) is 18.2 Å². The zero-order chi connectivity index (χ0) is 16.2. The highest BCUT2D eigenvalue weighted by Crippen LogP contribution is 2.33. The van der Waals surface area contributed by atoms with Crippen molar-refractivity contribution in [2.24, 2.45) is 0 Å². The lowest BCUT2D eigenvalue weighted by molar-refractivity contribution is -0.0432. The summed E-state index contributed by atoms with van der Waals surface area (Å²) in [7, 11) is 0. The van der Waals surface area contributed by atoms with E-state index in [0.29, 0.717) is 23.2 Å². The Balaban J connectivity index is 1.92. The molecule has 0 spiro atoms. The maximum Gasteiger partial charge on any atom is 0.151 e. The van der Waals surface area contributed by atoms with Gasteiger partial charge in [-0.15, -0.1) is 0 Å². The minimum absolute atomic E-state index is 0.221. The van der Waals surface area contributed by atoms with E-state index in [2.05, 4.69) is 5.32 Å². The molecule has 1 fully saturated rings. The van der Waals surface area contributed by atoms with Crippen molar-refractivity contribution in [1.82, 2.24) is 5.32 Å². The molecule has 3 rings (SSSR count). The fraction of sp³-hybridized carbons (Fsp3) is 0.294. The van der Waals surface area contributed by atoms with E-state index in [4.69, 9.17) is 32.7 Å². The van der Waals surface area contributed by atoms with Crippen LogP contribution in [0.3, 0.4) is 0 Å². The topological polar surface area (TPSA) is 30.5 Å². The van der Waals surface area contributed by atoms with Crippen molar-refractivity contribution in [3.05, 3.63) is 63.9 Å². The Hall–Kier alpha value is -1.33. The number of nitrogens with one attached hydrogen (secondary N) is 1. The third-order valence-corrected chi connectivity index (χ3v) is 4.17. The van der Waals surface area contributed by atoms with Crippen molar-refractivity contribution < 1.29 is 13.9 Å². The van der Waals surface area contributed by atoms with Gasteiger partial charge in [0.25, 0.3) is 0 Å². The Morgan fingerprint density at radius 3 is 2.83 bits per heavy atom. The van der Waals surface area contributed by atoms with E-state index >= 15 is 0 Å². The first kappa shape index (κ1) is 16.5. The molecular formula is C17H16Cl2FNO2. The number of hydrogen-bond donors (Lipinski definition) is 1. The smallest absolute Gasteiger partial charge is 0.151 e. The normalized spacial score (nSPS) is 19.3. The summed E-state index contributed by atoms with van der Waals surface area (Å²) >= 11 is 12.2. The highest BCUT2D eigenvalue weighted by atomic mass is 35.5. The summed E-state index contributed by atoms with van der Waals surface area (Å²) in [5.41, 5.74) is 0.853. The lowest BCUT2D eigenvalue weighted by Gasteiger charge is -2.32. The molecule has 1 N–H and O–H groups in total. The van der Waals surface area contributed by atoms with E-state index in [1.165, 1.54) is 18.2 Å². The van der Waals surface area contributed by atoms with Crippen LogP contribution < -0.4 is 10.1 Å². The molecule has 2 atom stereocenters. The second-order valence-electron chi connectivity index (χ2n) is 5.28. The molecule has 1 aliphatic rings. The van der Waals surface area contributed by atoms with Gasteiger partial charge in [-0.05, 0) is 29.8 Å². The van der Waals surface area contributed by atoms with Crippen LogP contribution in [0.2, 0.25) is 10.0 Å². The third kappa shape index (κ3) is 4.15. The van der Waals surface area contributed by atoms with Gasteiger partial charge >= 0.3 is 0 Å². The number of ether oxygens (including phenoxy) is 2. The minimum Gasteiger partial charge on any atom is -0.481 e. The molecule has 0 unspecified atom stereocenters. The fourth-order valence-corrected chi connectivity index (χ4v) is 2.89. The predicted octanol–water partition coefficient (Wildman–Crippen LogP) is 4.24. The van der Waals surface area contributed by atoms with Crippen LogP contribution >= 0.6 is 23.2 Å². The predicted molar refractivity (Wildman–Crippen MR) is 88.8 cm³/mol. The highest BCUT2D eigenvalue weighted by molar-refractivity contribution is 6.32. The molecule has 0 bridgehead atoms. The molecular weight excluding hydrogens is 340 g/mol. The highest BCUT2D eigenvalue weighted by Gasteiger charge is 2.28. The Morgan fingerprint density at radius 2 is 2.09 bits per heavy atom. The van der Waals surface area contributed by atoms with E-state index in [9.17, 15) is 4.39 Å². The van der Waals surface area contributed by atoms with Gasteiger partial charge in [-0.2, -0.15) is 0 Å². The van der Waals surface area contributed by atoms with Crippen LogP contribution in [-0.4, -0.2) is 25.8 Å². The van der Waals surface area contributed by atoms with Crippen LogP contribution in [0.1, 0.15) is 11.7 Å². The van der Waals surface area contributed by atoms with Gasteiger partial charge in [0, 0.05) is 24.2 Å². The van der Waals surface area contributed by atoms with Crippen LogP contribution in [0.5, 0.6) is 5.75 Å². The molecule has 0 radical (unpaired) electrons. The SMILES string of the molecule is Fc1ccc(Cl)c(O[C@@H](c2cccc(Cl)c2)[C@@H]2CNCCO2)c1. The Labute approximate surface area is 144 Å². The largest absolute Gasteiger partial charge is 0.481 e. The molecule has 0 saturated carbocycles. The van der Waals surface area contributed by atoms with E-state index in [0.717, 1.165) is 12.1 Å². The van der Waals surface area contributed by atoms with Crippen LogP contribution in [-0.2, 0) is 4.74 Å². The maximum absolute atomic E-state index is 13.5. The summed E-state index contributed by atoms with van der Waals surface area (Å²) in [6.07, 6.45) is -0.664. The lowest BCUT2D eigenvalue weighted by Crippen LogP contribution is -2.43. The number of morpholine rings is 1. The average molecular weight is 356 g/mol. The van der Waals surface area contributed by atoms with Crippen LogP contribution in [0.15, 0.2) is 42.5 Å². The first-order chi connectivity index (χ1) is 11.1. The first-order valence-electron chi connectivity index (χ1n) is 7.33. The zero-order valence-corrected chi connectivity index (χ0v) is 13.8. The Bertz CT molecular complexity index is 677. The van der Waals surface area contributed by atoms with Gasteiger partial charge < -0.3 is 14.8 Å². The quantitative estimate of drug-likeness (QED) is 0.889. The first-order valence-corrected chi connectivity index (χ1v) is 8.08. The van der Waals surface area contributed by atoms with Crippen molar-refractivity contribution in [3.63, 3.8) is 0 Å². The average Bonchev–Trinajstić information content (AvgIpc) is 2.56. The number of rotatable bonds is 4. The molecule has 0 aliphatic carbocycles. The van der Waals surface area contributed by atoms with Crippen molar-refractivity contribution in [2.45, 2.75) is 12.2 Å². The van der Waals surface area contributed by atoms with Gasteiger partial charge in [-0.25, -0.2) is 4.39 Å². The van der Waals surface area contributed by atoms with Crippen molar-refractivity contribution >= 4 is 23.2 Å². The van der Waals surface area contributed by atoms with Crippen molar-refractivity contribution in [3.8, 4) is 5.75 Å². The van der Waals surface area contributed by atoms with Crippen LogP contribution in [0.4, 0.5) is 4.39 Å². The second kappa shape index (κ2) is 7.49. The summed E-state index contributed by atoms with van der Waals surface area (Å²) in [6, 6.07) is 11.4. The molecule has 0 aromatic heterocycles.